The molecule has 5 rings (SSSR count). The smallest absolute Gasteiger partial charge is 1.00 e. The molecule has 0 aliphatic heterocycles. The van der Waals surface area contributed by atoms with Crippen LogP contribution in [0.4, 0.5) is 0 Å². The SMILES string of the molecule is C[C@@]12C(=CC(=O)C=C1OS(=O)(=O)c1ccccc1)CC[C@@H]1[C@@H]2[C@@H](O)C[C@@]2(C)[C@H]1CC[C@]2(O)C(=O)CO.[H-].[Na+]. The van der Waals surface area contributed by atoms with Gasteiger partial charge in [0.15, 0.2) is 11.6 Å². The molecule has 3 N–H and O–H groups in total. The van der Waals surface area contributed by atoms with Gasteiger partial charge >= 0.3 is 39.7 Å². The molecular weight excluding hydrogens is 507 g/mol. The first-order valence-corrected chi connectivity index (χ1v) is 13.8. The summed E-state index contributed by atoms with van der Waals surface area (Å²) in [6.45, 7) is 2.86. The summed E-state index contributed by atoms with van der Waals surface area (Å²) in [7, 11) is -4.23. The van der Waals surface area contributed by atoms with Gasteiger partial charge in [0.1, 0.15) is 22.9 Å². The van der Waals surface area contributed by atoms with Gasteiger partial charge in [0, 0.05) is 17.4 Å². The van der Waals surface area contributed by atoms with Gasteiger partial charge in [-0.2, -0.15) is 8.42 Å². The summed E-state index contributed by atoms with van der Waals surface area (Å²) in [5.74, 6) is -1.77. The van der Waals surface area contributed by atoms with E-state index in [9.17, 15) is 33.3 Å². The monoisotopic (exact) mass is 540 g/mol. The Balaban J connectivity index is 0.00000200. The van der Waals surface area contributed by atoms with Crippen LogP contribution in [-0.4, -0.2) is 53.6 Å². The number of hydrogen-bond acceptors (Lipinski definition) is 8. The van der Waals surface area contributed by atoms with Gasteiger partial charge in [0.2, 0.25) is 0 Å². The van der Waals surface area contributed by atoms with Crippen molar-refractivity contribution in [2.75, 3.05) is 6.61 Å². The van der Waals surface area contributed by atoms with Crippen LogP contribution < -0.4 is 29.6 Å². The van der Waals surface area contributed by atoms with E-state index in [1.54, 1.807) is 18.2 Å². The molecule has 0 bridgehead atoms. The van der Waals surface area contributed by atoms with Gasteiger partial charge in [-0.25, -0.2) is 0 Å². The minimum Gasteiger partial charge on any atom is -1.00 e. The van der Waals surface area contributed by atoms with Crippen molar-refractivity contribution in [1.82, 2.24) is 0 Å². The fourth-order valence-electron chi connectivity index (χ4n) is 7.86. The van der Waals surface area contributed by atoms with Gasteiger partial charge in [-0.3, -0.25) is 9.59 Å². The van der Waals surface area contributed by atoms with Crippen molar-refractivity contribution in [3.63, 3.8) is 0 Å². The maximum absolute atomic E-state index is 13.1. The molecule has 0 spiro atoms. The summed E-state index contributed by atoms with van der Waals surface area (Å²) in [6, 6.07) is 7.70. The molecular formula is C27H33NaO8S. The number of Topliss-reactive ketones (excluding diaryl/α,β-unsaturated/α-hetero) is 1. The molecule has 0 unspecified atom stereocenters. The number of aliphatic hydroxyl groups excluding tert-OH is 2. The van der Waals surface area contributed by atoms with Crippen molar-refractivity contribution in [1.29, 1.82) is 0 Å². The Morgan fingerprint density at radius 3 is 2.49 bits per heavy atom. The molecule has 1 aromatic carbocycles. The number of aliphatic hydroxyl groups is 3. The van der Waals surface area contributed by atoms with E-state index in [1.807, 2.05) is 13.8 Å². The second-order valence-corrected chi connectivity index (χ2v) is 12.7. The summed E-state index contributed by atoms with van der Waals surface area (Å²) < 4.78 is 31.9. The van der Waals surface area contributed by atoms with E-state index >= 15 is 0 Å². The quantitative estimate of drug-likeness (QED) is 0.333. The zero-order valence-electron chi connectivity index (χ0n) is 22.4. The molecule has 3 fully saturated rings. The normalized spacial score (nSPS) is 38.8. The van der Waals surface area contributed by atoms with E-state index in [-0.39, 0.29) is 72.1 Å². The van der Waals surface area contributed by atoms with Gasteiger partial charge in [0.25, 0.3) is 0 Å². The Bertz CT molecular complexity index is 1280. The number of carbonyl (C=O) groups excluding carboxylic acids is 2. The van der Waals surface area contributed by atoms with Crippen molar-refractivity contribution >= 4 is 21.7 Å². The van der Waals surface area contributed by atoms with Crippen molar-refractivity contribution in [2.24, 2.45) is 28.6 Å². The molecule has 4 aliphatic carbocycles. The molecule has 0 radical (unpaired) electrons. The van der Waals surface area contributed by atoms with Crippen molar-refractivity contribution in [3.8, 4) is 0 Å². The zero-order chi connectivity index (χ0) is 26.1. The van der Waals surface area contributed by atoms with E-state index in [0.29, 0.717) is 19.3 Å². The summed E-state index contributed by atoms with van der Waals surface area (Å²) in [6.07, 6.45) is 3.69. The maximum Gasteiger partial charge on any atom is 1.00 e. The first-order valence-electron chi connectivity index (χ1n) is 12.4. The molecule has 10 heteroatoms. The molecule has 0 heterocycles. The molecule has 3 saturated carbocycles. The second-order valence-electron chi connectivity index (χ2n) is 11.1. The van der Waals surface area contributed by atoms with E-state index in [4.69, 9.17) is 4.18 Å². The number of allylic oxidation sites excluding steroid dienone is 3. The van der Waals surface area contributed by atoms with Crippen LogP contribution in [0.25, 0.3) is 0 Å². The van der Waals surface area contributed by atoms with Crippen molar-refractivity contribution in [3.05, 3.63) is 53.8 Å². The zero-order valence-corrected chi connectivity index (χ0v) is 24.2. The molecule has 196 valence electrons. The fourth-order valence-corrected chi connectivity index (χ4v) is 8.90. The fraction of sp³-hybridized carbons (Fsp3) is 0.556. The number of benzene rings is 1. The van der Waals surface area contributed by atoms with Crippen molar-refractivity contribution < 1.29 is 68.5 Å². The third kappa shape index (κ3) is 4.13. The Morgan fingerprint density at radius 1 is 1.16 bits per heavy atom. The summed E-state index contributed by atoms with van der Waals surface area (Å²) in [5, 5.41) is 32.5. The molecule has 0 saturated heterocycles. The standard InChI is InChI=1S/C27H32O8S.Na.H/c1-25-14-21(30)24-19(20(25)10-11-27(25,32)22(31)15-28)9-8-16-12-17(29)13-23(26(16,24)2)35-36(33,34)18-6-4-3-5-7-18;;/h3-7,12-13,19-21,24,28,30,32H,8-11,14-15H2,1-2H3;;/q;+1;-1/t19-,20-,21-,24+,25-,26+,27-;;/m0../s1. The first kappa shape index (κ1) is 28.7. The molecule has 0 amide bonds. The molecule has 0 aromatic heterocycles. The van der Waals surface area contributed by atoms with Gasteiger partial charge < -0.3 is 20.9 Å². The number of hydrogen-bond donors (Lipinski definition) is 3. The van der Waals surface area contributed by atoms with Gasteiger partial charge in [0.05, 0.1) is 11.5 Å². The topological polar surface area (TPSA) is 138 Å². The number of rotatable bonds is 5. The van der Waals surface area contributed by atoms with Crippen LogP contribution in [0, 0.1) is 28.6 Å². The predicted molar refractivity (Wildman–Crippen MR) is 130 cm³/mol. The van der Waals surface area contributed by atoms with Crippen molar-refractivity contribution in [2.45, 2.75) is 62.6 Å². The minimum absolute atomic E-state index is 0. The summed E-state index contributed by atoms with van der Waals surface area (Å²) in [4.78, 5) is 25.1. The Kier molecular flexibility index (Phi) is 7.51. The molecule has 4 aliphatic rings. The van der Waals surface area contributed by atoms with Crippen LogP contribution in [-0.2, 0) is 23.9 Å². The van der Waals surface area contributed by atoms with Gasteiger partial charge in [-0.1, -0.05) is 30.7 Å². The first-order chi connectivity index (χ1) is 16.9. The Labute approximate surface area is 240 Å². The molecule has 8 nitrogen and oxygen atoms in total. The van der Waals surface area contributed by atoms with E-state index < -0.39 is 51.0 Å². The average Bonchev–Trinajstić information content (AvgIpc) is 3.10. The Hall–Kier alpha value is -1.33. The maximum atomic E-state index is 13.1. The summed E-state index contributed by atoms with van der Waals surface area (Å²) in [5.41, 5.74) is -3.00. The molecule has 1 aromatic rings. The van der Waals surface area contributed by atoms with E-state index in [2.05, 4.69) is 0 Å². The predicted octanol–water partition coefficient (Wildman–Crippen LogP) is -0.593. The van der Waals surface area contributed by atoms with Crippen LogP contribution in [0.15, 0.2) is 58.7 Å². The van der Waals surface area contributed by atoms with Crippen LogP contribution in [0.2, 0.25) is 0 Å². The average molecular weight is 541 g/mol. The molecule has 37 heavy (non-hydrogen) atoms. The minimum atomic E-state index is -4.23. The van der Waals surface area contributed by atoms with Gasteiger partial charge in [-0.05, 0) is 69.1 Å². The number of fused-ring (bicyclic) bond motifs is 5. The Morgan fingerprint density at radius 2 is 1.84 bits per heavy atom. The van der Waals surface area contributed by atoms with Crippen LogP contribution >= 0.6 is 0 Å². The van der Waals surface area contributed by atoms with Gasteiger partial charge in [-0.15, -0.1) is 0 Å². The number of ketones is 2. The summed E-state index contributed by atoms with van der Waals surface area (Å²) >= 11 is 0. The third-order valence-corrected chi connectivity index (χ3v) is 10.9. The van der Waals surface area contributed by atoms with Crippen LogP contribution in [0.3, 0.4) is 0 Å². The van der Waals surface area contributed by atoms with E-state index in [1.165, 1.54) is 24.3 Å². The molecule has 7 atom stereocenters. The van der Waals surface area contributed by atoms with Crippen LogP contribution in [0.5, 0.6) is 0 Å². The third-order valence-electron chi connectivity index (χ3n) is 9.62. The largest absolute Gasteiger partial charge is 1.00 e. The second kappa shape index (κ2) is 9.70. The van der Waals surface area contributed by atoms with E-state index in [0.717, 1.165) is 5.57 Å². The number of carbonyl (C=O) groups is 2. The van der Waals surface area contributed by atoms with Crippen LogP contribution in [0.1, 0.15) is 47.4 Å².